The van der Waals surface area contributed by atoms with E-state index in [1.54, 1.807) is 0 Å². The van der Waals surface area contributed by atoms with Crippen molar-refractivity contribution in [3.8, 4) is 0 Å². The van der Waals surface area contributed by atoms with Gasteiger partial charge in [-0.15, -0.1) is 0 Å². The van der Waals surface area contributed by atoms with Crippen molar-refractivity contribution >= 4 is 0 Å². The highest BCUT2D eigenvalue weighted by Crippen LogP contribution is 2.10. The predicted molar refractivity (Wildman–Crippen MR) is 56.4 cm³/mol. The lowest BCUT2D eigenvalue weighted by molar-refractivity contribution is 0.412. The molecular weight excluding hydrogens is 146 g/mol. The van der Waals surface area contributed by atoms with Crippen LogP contribution < -0.4 is 5.32 Å². The van der Waals surface area contributed by atoms with Gasteiger partial charge < -0.3 is 5.32 Å². The lowest BCUT2D eigenvalue weighted by Crippen LogP contribution is -2.27. The molecule has 0 aliphatic heterocycles. The summed E-state index contributed by atoms with van der Waals surface area (Å²) in [6.45, 7) is 12.5. The molecule has 74 valence electrons. The molecule has 0 spiro atoms. The summed E-state index contributed by atoms with van der Waals surface area (Å²) in [7, 11) is 0. The molecule has 0 aliphatic carbocycles. The Morgan fingerprint density at radius 3 is 1.92 bits per heavy atom. The predicted octanol–water partition coefficient (Wildman–Crippen LogP) is 3.06. The highest BCUT2D eigenvalue weighted by atomic mass is 14.9. The Morgan fingerprint density at radius 1 is 0.917 bits per heavy atom. The first-order chi connectivity index (χ1) is 5.52. The van der Waals surface area contributed by atoms with Crippen molar-refractivity contribution in [2.24, 2.45) is 11.8 Å². The van der Waals surface area contributed by atoms with Crippen molar-refractivity contribution in [2.75, 3.05) is 6.54 Å². The molecule has 1 atom stereocenters. The van der Waals surface area contributed by atoms with Crippen LogP contribution in [0, 0.1) is 11.8 Å². The maximum atomic E-state index is 3.47. The highest BCUT2D eigenvalue weighted by Gasteiger charge is 2.03. The van der Waals surface area contributed by atoms with Gasteiger partial charge in [0.15, 0.2) is 0 Å². The van der Waals surface area contributed by atoms with Crippen molar-refractivity contribution < 1.29 is 0 Å². The molecule has 12 heavy (non-hydrogen) atoms. The van der Waals surface area contributed by atoms with Gasteiger partial charge in [-0.05, 0) is 24.8 Å². The van der Waals surface area contributed by atoms with E-state index in [2.05, 4.69) is 39.9 Å². The number of rotatable bonds is 6. The van der Waals surface area contributed by atoms with E-state index in [9.17, 15) is 0 Å². The summed E-state index contributed by atoms with van der Waals surface area (Å²) in [5.41, 5.74) is 0. The van der Waals surface area contributed by atoms with Gasteiger partial charge in [-0.25, -0.2) is 0 Å². The quantitative estimate of drug-likeness (QED) is 0.647. The molecule has 1 heteroatoms. The Balaban J connectivity index is 3.27. The third kappa shape index (κ3) is 8.06. The van der Waals surface area contributed by atoms with E-state index >= 15 is 0 Å². The highest BCUT2D eigenvalue weighted by molar-refractivity contribution is 4.60. The molecule has 0 aliphatic rings. The second-order valence-corrected chi connectivity index (χ2v) is 4.64. The second kappa shape index (κ2) is 6.47. The zero-order chi connectivity index (χ0) is 9.56. The monoisotopic (exact) mass is 171 g/mol. The van der Waals surface area contributed by atoms with Crippen LogP contribution in [0.2, 0.25) is 0 Å². The fraction of sp³-hybridized carbons (Fsp3) is 1.00. The van der Waals surface area contributed by atoms with Gasteiger partial charge in [0.1, 0.15) is 0 Å². The lowest BCUT2D eigenvalue weighted by atomic mass is 9.99. The molecule has 0 rings (SSSR count). The van der Waals surface area contributed by atoms with Crippen LogP contribution >= 0.6 is 0 Å². The molecule has 0 saturated heterocycles. The van der Waals surface area contributed by atoms with Gasteiger partial charge in [-0.3, -0.25) is 0 Å². The Kier molecular flexibility index (Phi) is 6.45. The van der Waals surface area contributed by atoms with Crippen LogP contribution in [0.3, 0.4) is 0 Å². The summed E-state index contributed by atoms with van der Waals surface area (Å²) >= 11 is 0. The third-order valence-corrected chi connectivity index (χ3v) is 2.11. The summed E-state index contributed by atoms with van der Waals surface area (Å²) in [6.07, 6.45) is 2.72. The van der Waals surface area contributed by atoms with Crippen molar-refractivity contribution in [2.45, 2.75) is 53.5 Å². The van der Waals surface area contributed by atoms with Crippen molar-refractivity contribution in [3.05, 3.63) is 0 Å². The molecule has 0 saturated carbocycles. The van der Waals surface area contributed by atoms with Crippen LogP contribution in [0.4, 0.5) is 0 Å². The molecule has 0 amide bonds. The molecule has 1 unspecified atom stereocenters. The molecule has 1 N–H and O–H groups in total. The molecule has 0 radical (unpaired) electrons. The van der Waals surface area contributed by atoms with E-state index in [0.717, 1.165) is 11.8 Å². The van der Waals surface area contributed by atoms with Crippen LogP contribution in [0.1, 0.15) is 47.5 Å². The van der Waals surface area contributed by atoms with E-state index in [-0.39, 0.29) is 0 Å². The molecule has 0 aromatic carbocycles. The van der Waals surface area contributed by atoms with Crippen molar-refractivity contribution in [3.63, 3.8) is 0 Å². The van der Waals surface area contributed by atoms with E-state index in [1.807, 2.05) is 0 Å². The SMILES string of the molecule is CC(C)CCC(C)CNC(C)C. The second-order valence-electron chi connectivity index (χ2n) is 4.64. The molecule has 0 fully saturated rings. The molecule has 1 nitrogen and oxygen atoms in total. The van der Waals surface area contributed by atoms with E-state index in [0.29, 0.717) is 6.04 Å². The number of hydrogen-bond donors (Lipinski definition) is 1. The maximum Gasteiger partial charge on any atom is 0.00104 e. The minimum atomic E-state index is 0.631. The topological polar surface area (TPSA) is 12.0 Å². The Labute approximate surface area is 77.9 Å². The fourth-order valence-electron chi connectivity index (χ4n) is 1.16. The first-order valence-corrected chi connectivity index (χ1v) is 5.25. The first kappa shape index (κ1) is 12.0. The molecule has 0 bridgehead atoms. The summed E-state index contributed by atoms with van der Waals surface area (Å²) in [5.74, 6) is 1.68. The summed E-state index contributed by atoms with van der Waals surface area (Å²) in [5, 5.41) is 3.47. The van der Waals surface area contributed by atoms with E-state index in [1.165, 1.54) is 19.4 Å². The zero-order valence-electron chi connectivity index (χ0n) is 9.35. The average Bonchev–Trinajstić information content (AvgIpc) is 1.96. The average molecular weight is 171 g/mol. The van der Waals surface area contributed by atoms with E-state index < -0.39 is 0 Å². The third-order valence-electron chi connectivity index (χ3n) is 2.11. The number of hydrogen-bond acceptors (Lipinski definition) is 1. The van der Waals surface area contributed by atoms with Crippen LogP contribution in [0.5, 0.6) is 0 Å². The van der Waals surface area contributed by atoms with Gasteiger partial charge >= 0.3 is 0 Å². The first-order valence-electron chi connectivity index (χ1n) is 5.25. The fourth-order valence-corrected chi connectivity index (χ4v) is 1.16. The normalized spacial score (nSPS) is 14.2. The van der Waals surface area contributed by atoms with Gasteiger partial charge in [-0.1, -0.05) is 41.0 Å². The standard InChI is InChI=1S/C11H25N/c1-9(2)6-7-11(5)8-12-10(3)4/h9-12H,6-8H2,1-5H3. The van der Waals surface area contributed by atoms with Crippen LogP contribution in [0.25, 0.3) is 0 Å². The molecule has 0 aromatic rings. The summed E-state index contributed by atoms with van der Waals surface area (Å²) in [6, 6.07) is 0.631. The Hall–Kier alpha value is -0.0400. The van der Waals surface area contributed by atoms with Crippen molar-refractivity contribution in [1.29, 1.82) is 0 Å². The lowest BCUT2D eigenvalue weighted by Gasteiger charge is -2.15. The molecule has 0 aromatic heterocycles. The van der Waals surface area contributed by atoms with E-state index in [4.69, 9.17) is 0 Å². The van der Waals surface area contributed by atoms with Gasteiger partial charge in [-0.2, -0.15) is 0 Å². The molecular formula is C11H25N. The number of nitrogens with one attached hydrogen (secondary N) is 1. The smallest absolute Gasteiger partial charge is 0.00104 e. The minimum absolute atomic E-state index is 0.631. The van der Waals surface area contributed by atoms with Gasteiger partial charge in [0.2, 0.25) is 0 Å². The van der Waals surface area contributed by atoms with Crippen LogP contribution in [-0.4, -0.2) is 12.6 Å². The minimum Gasteiger partial charge on any atom is -0.314 e. The molecule has 0 heterocycles. The van der Waals surface area contributed by atoms with Gasteiger partial charge in [0.25, 0.3) is 0 Å². The maximum absolute atomic E-state index is 3.47. The summed E-state index contributed by atoms with van der Waals surface area (Å²) < 4.78 is 0. The largest absolute Gasteiger partial charge is 0.314 e. The Bertz CT molecular complexity index is 85.2. The van der Waals surface area contributed by atoms with Crippen molar-refractivity contribution in [1.82, 2.24) is 5.32 Å². The Morgan fingerprint density at radius 2 is 1.50 bits per heavy atom. The van der Waals surface area contributed by atoms with Crippen LogP contribution in [-0.2, 0) is 0 Å². The zero-order valence-corrected chi connectivity index (χ0v) is 9.35. The summed E-state index contributed by atoms with van der Waals surface area (Å²) in [4.78, 5) is 0. The van der Waals surface area contributed by atoms with Crippen LogP contribution in [0.15, 0.2) is 0 Å². The van der Waals surface area contributed by atoms with Gasteiger partial charge in [0, 0.05) is 6.04 Å². The van der Waals surface area contributed by atoms with Gasteiger partial charge in [0.05, 0.1) is 0 Å².